The fraction of sp³-hybridized carbons (Fsp3) is 0.0769. The highest BCUT2D eigenvalue weighted by atomic mass is 32.2. The number of hydrogen-bond acceptors (Lipinski definition) is 2. The van der Waals surface area contributed by atoms with Crippen LogP contribution in [0, 0.1) is 6.92 Å². The Morgan fingerprint density at radius 3 is 1.53 bits per heavy atom. The average Bonchev–Trinajstić information content (AvgIpc) is 2.31. The lowest BCUT2D eigenvalue weighted by Gasteiger charge is -1.99. The molecule has 0 unspecified atom stereocenters. The van der Waals surface area contributed by atoms with E-state index in [0.717, 1.165) is 0 Å². The highest BCUT2D eigenvalue weighted by Gasteiger charge is 2.10. The maximum absolute atomic E-state index is 10.6. The van der Waals surface area contributed by atoms with Crippen molar-refractivity contribution in [2.45, 2.75) is 11.8 Å². The molecule has 0 aliphatic carbocycles. The van der Waals surface area contributed by atoms with E-state index in [9.17, 15) is 8.42 Å². The van der Waals surface area contributed by atoms with Crippen molar-refractivity contribution in [1.82, 2.24) is 0 Å². The Morgan fingerprint density at radius 2 is 1.24 bits per heavy atom. The molecule has 0 amide bonds. The van der Waals surface area contributed by atoms with Crippen LogP contribution in [-0.4, -0.2) is 13.0 Å². The zero-order valence-electron chi connectivity index (χ0n) is 9.45. The number of aryl methyl sites for hydroxylation is 1. The highest BCUT2D eigenvalue weighted by Crippen LogP contribution is 2.12. The summed E-state index contributed by atoms with van der Waals surface area (Å²) in [6, 6.07) is 18.3. The molecule has 0 aliphatic rings. The fourth-order valence-corrected chi connectivity index (χ4v) is 1.96. The molecule has 0 radical (unpaired) electrons. The highest BCUT2D eigenvalue weighted by molar-refractivity contribution is 7.85. The first-order chi connectivity index (χ1) is 8.02. The first-order valence-corrected chi connectivity index (χ1v) is 6.49. The molecule has 90 valence electrons. The molecule has 0 fully saturated rings. The zero-order chi connectivity index (χ0) is 12.7. The zero-order valence-corrected chi connectivity index (χ0v) is 10.3. The lowest BCUT2D eigenvalue weighted by molar-refractivity contribution is 0.482. The van der Waals surface area contributed by atoms with Gasteiger partial charge in [-0.2, -0.15) is 8.42 Å². The van der Waals surface area contributed by atoms with Gasteiger partial charge < -0.3 is 0 Å². The molecule has 3 nitrogen and oxygen atoms in total. The van der Waals surface area contributed by atoms with E-state index in [1.54, 1.807) is 25.1 Å². The van der Waals surface area contributed by atoms with Gasteiger partial charge in [-0.05, 0) is 18.6 Å². The minimum absolute atomic E-state index is 0.0278. The van der Waals surface area contributed by atoms with E-state index < -0.39 is 10.1 Å². The van der Waals surface area contributed by atoms with Crippen molar-refractivity contribution in [3.63, 3.8) is 0 Å². The molecule has 17 heavy (non-hydrogen) atoms. The molecule has 0 heterocycles. The molecule has 2 rings (SSSR count). The SMILES string of the molecule is Cc1ccccc1S(=O)(=O)O.c1ccccc1. The first kappa shape index (κ1) is 13.4. The Hall–Kier alpha value is -1.65. The molecule has 0 atom stereocenters. The standard InChI is InChI=1S/C7H8O3S.C6H6/c1-6-4-2-3-5-7(6)11(8,9)10;1-2-4-6-5-3-1/h2-5H,1H3,(H,8,9,10);1-6H. The van der Waals surface area contributed by atoms with Crippen LogP contribution < -0.4 is 0 Å². The summed E-state index contributed by atoms with van der Waals surface area (Å²) in [5.41, 5.74) is 0.551. The Bertz CT molecular complexity index is 521. The molecule has 0 saturated carbocycles. The van der Waals surface area contributed by atoms with Gasteiger partial charge >= 0.3 is 0 Å². The van der Waals surface area contributed by atoms with Gasteiger partial charge in [0, 0.05) is 0 Å². The summed E-state index contributed by atoms with van der Waals surface area (Å²) in [5.74, 6) is 0. The van der Waals surface area contributed by atoms with Crippen LogP contribution in [0.15, 0.2) is 65.6 Å². The van der Waals surface area contributed by atoms with Crippen molar-refractivity contribution >= 4 is 10.1 Å². The number of benzene rings is 2. The lowest BCUT2D eigenvalue weighted by atomic mass is 10.2. The van der Waals surface area contributed by atoms with E-state index in [4.69, 9.17) is 4.55 Å². The van der Waals surface area contributed by atoms with Crippen LogP contribution in [0.25, 0.3) is 0 Å². The van der Waals surface area contributed by atoms with Gasteiger partial charge in [-0.25, -0.2) is 0 Å². The lowest BCUT2D eigenvalue weighted by Crippen LogP contribution is -1.99. The predicted molar refractivity (Wildman–Crippen MR) is 67.4 cm³/mol. The van der Waals surface area contributed by atoms with Crippen LogP contribution in [0.4, 0.5) is 0 Å². The fourth-order valence-electron chi connectivity index (χ4n) is 1.23. The Kier molecular flexibility index (Phi) is 4.87. The minimum Gasteiger partial charge on any atom is -0.282 e. The molecule has 4 heteroatoms. The molecule has 2 aromatic rings. The molecular weight excluding hydrogens is 236 g/mol. The Labute approximate surface area is 101 Å². The third-order valence-corrected chi connectivity index (χ3v) is 3.05. The van der Waals surface area contributed by atoms with Crippen molar-refractivity contribution in [3.8, 4) is 0 Å². The van der Waals surface area contributed by atoms with Crippen molar-refractivity contribution < 1.29 is 13.0 Å². The van der Waals surface area contributed by atoms with Crippen molar-refractivity contribution in [2.24, 2.45) is 0 Å². The van der Waals surface area contributed by atoms with Gasteiger partial charge in [-0.3, -0.25) is 4.55 Å². The second-order valence-corrected chi connectivity index (χ2v) is 4.79. The summed E-state index contributed by atoms with van der Waals surface area (Å²) in [4.78, 5) is -0.0278. The normalized spacial score (nSPS) is 10.2. The molecule has 0 saturated heterocycles. The Morgan fingerprint density at radius 1 is 0.824 bits per heavy atom. The largest absolute Gasteiger partial charge is 0.294 e. The smallest absolute Gasteiger partial charge is 0.282 e. The van der Waals surface area contributed by atoms with E-state index in [-0.39, 0.29) is 4.90 Å². The third kappa shape index (κ3) is 4.80. The minimum atomic E-state index is -4.03. The van der Waals surface area contributed by atoms with E-state index in [2.05, 4.69) is 0 Å². The summed E-state index contributed by atoms with van der Waals surface area (Å²) < 4.78 is 29.9. The van der Waals surface area contributed by atoms with E-state index in [1.807, 2.05) is 36.4 Å². The first-order valence-electron chi connectivity index (χ1n) is 5.05. The summed E-state index contributed by atoms with van der Waals surface area (Å²) in [6.07, 6.45) is 0. The van der Waals surface area contributed by atoms with Crippen LogP contribution >= 0.6 is 0 Å². The molecule has 1 N–H and O–H groups in total. The second kappa shape index (κ2) is 6.18. The third-order valence-electron chi connectivity index (χ3n) is 2.04. The molecule has 2 aromatic carbocycles. The average molecular weight is 250 g/mol. The van der Waals surface area contributed by atoms with Gasteiger partial charge in [-0.15, -0.1) is 0 Å². The van der Waals surface area contributed by atoms with Gasteiger partial charge in [0.2, 0.25) is 0 Å². The topological polar surface area (TPSA) is 54.4 Å². The molecule has 0 bridgehead atoms. The number of hydrogen-bond donors (Lipinski definition) is 1. The maximum atomic E-state index is 10.6. The molecular formula is C13H14O3S. The summed E-state index contributed by atoms with van der Waals surface area (Å²) in [5, 5.41) is 0. The van der Waals surface area contributed by atoms with Crippen molar-refractivity contribution in [1.29, 1.82) is 0 Å². The predicted octanol–water partition coefficient (Wildman–Crippen LogP) is 2.93. The van der Waals surface area contributed by atoms with Gasteiger partial charge in [-0.1, -0.05) is 54.6 Å². The monoisotopic (exact) mass is 250 g/mol. The second-order valence-electron chi connectivity index (χ2n) is 3.40. The van der Waals surface area contributed by atoms with Crippen molar-refractivity contribution in [2.75, 3.05) is 0 Å². The Balaban J connectivity index is 0.000000202. The molecule has 0 aromatic heterocycles. The van der Waals surface area contributed by atoms with E-state index >= 15 is 0 Å². The van der Waals surface area contributed by atoms with Crippen LogP contribution in [0.5, 0.6) is 0 Å². The van der Waals surface area contributed by atoms with Gasteiger partial charge in [0.15, 0.2) is 0 Å². The van der Waals surface area contributed by atoms with Gasteiger partial charge in [0.1, 0.15) is 0 Å². The van der Waals surface area contributed by atoms with E-state index in [0.29, 0.717) is 5.56 Å². The van der Waals surface area contributed by atoms with Crippen LogP contribution in [0.1, 0.15) is 5.56 Å². The molecule has 0 aliphatic heterocycles. The van der Waals surface area contributed by atoms with E-state index in [1.165, 1.54) is 6.07 Å². The summed E-state index contributed by atoms with van der Waals surface area (Å²) in [7, 11) is -4.03. The van der Waals surface area contributed by atoms with Crippen molar-refractivity contribution in [3.05, 3.63) is 66.2 Å². The summed E-state index contributed by atoms with van der Waals surface area (Å²) >= 11 is 0. The van der Waals surface area contributed by atoms with Gasteiger partial charge in [0.25, 0.3) is 10.1 Å². The van der Waals surface area contributed by atoms with Crippen LogP contribution in [0.2, 0.25) is 0 Å². The van der Waals surface area contributed by atoms with Crippen LogP contribution in [0.3, 0.4) is 0 Å². The summed E-state index contributed by atoms with van der Waals surface area (Å²) in [6.45, 7) is 1.63. The van der Waals surface area contributed by atoms with Crippen LogP contribution in [-0.2, 0) is 10.1 Å². The maximum Gasteiger partial charge on any atom is 0.294 e. The molecule has 0 spiro atoms. The quantitative estimate of drug-likeness (QED) is 0.792. The van der Waals surface area contributed by atoms with Gasteiger partial charge in [0.05, 0.1) is 4.90 Å². The number of rotatable bonds is 1.